The monoisotopic (exact) mass is 483 g/mol. The van der Waals surface area contributed by atoms with Crippen LogP contribution in [0.2, 0.25) is 10.0 Å². The number of hydrogen-bond donors (Lipinski definition) is 1. The lowest BCUT2D eigenvalue weighted by Gasteiger charge is -2.14. The Morgan fingerprint density at radius 2 is 2.07 bits per heavy atom. The zero-order valence-corrected chi connectivity index (χ0v) is 18.7. The number of thioether (sulfide) groups is 1. The van der Waals surface area contributed by atoms with Crippen LogP contribution in [0, 0.1) is 0 Å². The molecule has 0 atom stereocenters. The SMILES string of the molecule is COc1cccc(/C=C2\SC(=S)N(CC(=O)O)C2=O)c1OCc1ccc(Cl)cc1Cl. The lowest BCUT2D eigenvalue weighted by Crippen LogP contribution is -2.33. The highest BCUT2D eigenvalue weighted by Crippen LogP contribution is 2.38. The van der Waals surface area contributed by atoms with Gasteiger partial charge in [0.1, 0.15) is 17.5 Å². The third kappa shape index (κ3) is 5.07. The number of hydrogen-bond acceptors (Lipinski definition) is 6. The molecule has 30 heavy (non-hydrogen) atoms. The van der Waals surface area contributed by atoms with Crippen LogP contribution in [0.4, 0.5) is 0 Å². The van der Waals surface area contributed by atoms with Gasteiger partial charge < -0.3 is 14.6 Å². The molecule has 0 aromatic heterocycles. The molecule has 0 bridgehead atoms. The van der Waals surface area contributed by atoms with Gasteiger partial charge in [-0.25, -0.2) is 0 Å². The van der Waals surface area contributed by atoms with Crippen LogP contribution in [-0.4, -0.2) is 39.9 Å². The highest BCUT2D eigenvalue weighted by molar-refractivity contribution is 8.26. The first-order chi connectivity index (χ1) is 14.3. The second-order valence-corrected chi connectivity index (χ2v) is 8.58. The minimum atomic E-state index is -1.14. The van der Waals surface area contributed by atoms with E-state index in [4.69, 9.17) is 50.0 Å². The highest BCUT2D eigenvalue weighted by atomic mass is 35.5. The zero-order chi connectivity index (χ0) is 21.8. The van der Waals surface area contributed by atoms with Crippen LogP contribution in [-0.2, 0) is 16.2 Å². The van der Waals surface area contributed by atoms with E-state index >= 15 is 0 Å². The van der Waals surface area contributed by atoms with E-state index in [1.807, 2.05) is 0 Å². The Labute approximate surface area is 192 Å². The number of rotatable bonds is 7. The molecule has 0 aliphatic carbocycles. The van der Waals surface area contributed by atoms with E-state index in [1.165, 1.54) is 7.11 Å². The van der Waals surface area contributed by atoms with Gasteiger partial charge >= 0.3 is 5.97 Å². The van der Waals surface area contributed by atoms with Crippen LogP contribution < -0.4 is 9.47 Å². The summed E-state index contributed by atoms with van der Waals surface area (Å²) in [6.45, 7) is -0.338. The molecule has 1 heterocycles. The number of ether oxygens (including phenoxy) is 2. The number of nitrogens with zero attached hydrogens (tertiary/aromatic N) is 1. The number of carbonyl (C=O) groups excluding carboxylic acids is 1. The molecular formula is C20H15Cl2NO5S2. The topological polar surface area (TPSA) is 76.1 Å². The molecule has 2 aromatic carbocycles. The molecule has 10 heteroatoms. The summed E-state index contributed by atoms with van der Waals surface area (Å²) in [6, 6.07) is 10.3. The number of carboxylic acid groups (broad SMARTS) is 1. The van der Waals surface area contributed by atoms with E-state index in [1.54, 1.807) is 42.5 Å². The van der Waals surface area contributed by atoms with Crippen LogP contribution >= 0.6 is 47.2 Å². The second-order valence-electron chi connectivity index (χ2n) is 6.06. The molecular weight excluding hydrogens is 469 g/mol. The Hall–Kier alpha value is -2.26. The molecule has 3 rings (SSSR count). The molecule has 0 spiro atoms. The normalized spacial score (nSPS) is 15.0. The van der Waals surface area contributed by atoms with Gasteiger partial charge in [-0.05, 0) is 24.3 Å². The molecule has 156 valence electrons. The largest absolute Gasteiger partial charge is 0.493 e. The van der Waals surface area contributed by atoms with E-state index in [0.29, 0.717) is 32.0 Å². The van der Waals surface area contributed by atoms with Gasteiger partial charge in [0, 0.05) is 21.2 Å². The fourth-order valence-corrected chi connectivity index (χ4v) is 4.37. The molecule has 0 saturated carbocycles. The smallest absolute Gasteiger partial charge is 0.323 e. The number of carbonyl (C=O) groups is 2. The molecule has 1 saturated heterocycles. The number of carboxylic acids is 1. The van der Waals surface area contributed by atoms with Crippen molar-refractivity contribution in [2.45, 2.75) is 6.61 Å². The summed E-state index contributed by atoms with van der Waals surface area (Å²) >= 11 is 18.3. The summed E-state index contributed by atoms with van der Waals surface area (Å²) in [4.78, 5) is 24.9. The lowest BCUT2D eigenvalue weighted by molar-refractivity contribution is -0.140. The number of methoxy groups -OCH3 is 1. The van der Waals surface area contributed by atoms with Crippen molar-refractivity contribution in [3.8, 4) is 11.5 Å². The number of thiocarbonyl (C=S) groups is 1. The van der Waals surface area contributed by atoms with E-state index in [0.717, 1.165) is 22.2 Å². The third-order valence-corrected chi connectivity index (χ3v) is 6.03. The first-order valence-corrected chi connectivity index (χ1v) is 10.5. The van der Waals surface area contributed by atoms with Gasteiger partial charge in [0.25, 0.3) is 5.91 Å². The molecule has 2 aromatic rings. The molecule has 0 unspecified atom stereocenters. The van der Waals surface area contributed by atoms with Crippen molar-refractivity contribution in [1.82, 2.24) is 4.90 Å². The molecule has 1 aliphatic heterocycles. The molecule has 1 amide bonds. The number of aliphatic carboxylic acids is 1. The summed E-state index contributed by atoms with van der Waals surface area (Å²) < 4.78 is 11.6. The summed E-state index contributed by atoms with van der Waals surface area (Å²) in [5, 5.41) is 9.96. The van der Waals surface area contributed by atoms with Gasteiger partial charge in [-0.15, -0.1) is 0 Å². The predicted octanol–water partition coefficient (Wildman–Crippen LogP) is 4.87. The number of halogens is 2. The summed E-state index contributed by atoms with van der Waals surface area (Å²) in [6.07, 6.45) is 1.60. The van der Waals surface area contributed by atoms with Gasteiger partial charge in [0.15, 0.2) is 11.5 Å². The minimum Gasteiger partial charge on any atom is -0.493 e. The summed E-state index contributed by atoms with van der Waals surface area (Å²) in [5.74, 6) is -0.732. The minimum absolute atomic E-state index is 0.150. The van der Waals surface area contributed by atoms with E-state index in [2.05, 4.69) is 0 Å². The van der Waals surface area contributed by atoms with Gasteiger partial charge in [-0.3, -0.25) is 14.5 Å². The van der Waals surface area contributed by atoms with Gasteiger partial charge in [0.2, 0.25) is 0 Å². The van der Waals surface area contributed by atoms with Crippen molar-refractivity contribution in [2.24, 2.45) is 0 Å². The molecule has 0 radical (unpaired) electrons. The highest BCUT2D eigenvalue weighted by Gasteiger charge is 2.33. The van der Waals surface area contributed by atoms with Crippen molar-refractivity contribution in [2.75, 3.05) is 13.7 Å². The third-order valence-electron chi connectivity index (χ3n) is 4.07. The van der Waals surface area contributed by atoms with Crippen LogP contribution in [0.15, 0.2) is 41.3 Å². The van der Waals surface area contributed by atoms with Crippen LogP contribution in [0.25, 0.3) is 6.08 Å². The first-order valence-electron chi connectivity index (χ1n) is 8.51. The van der Waals surface area contributed by atoms with Crippen molar-refractivity contribution < 1.29 is 24.2 Å². The van der Waals surface area contributed by atoms with Crippen molar-refractivity contribution in [1.29, 1.82) is 0 Å². The maximum Gasteiger partial charge on any atom is 0.323 e. The maximum absolute atomic E-state index is 12.6. The van der Waals surface area contributed by atoms with Crippen molar-refractivity contribution >= 4 is 69.5 Å². The number of amides is 1. The Kier molecular flexibility index (Phi) is 7.25. The van der Waals surface area contributed by atoms with Crippen LogP contribution in [0.3, 0.4) is 0 Å². The molecule has 1 fully saturated rings. The molecule has 1 N–H and O–H groups in total. The fraction of sp³-hybridized carbons (Fsp3) is 0.150. The van der Waals surface area contributed by atoms with E-state index in [9.17, 15) is 9.59 Å². The average Bonchev–Trinajstić information content (AvgIpc) is 2.95. The summed E-state index contributed by atoms with van der Waals surface area (Å²) in [7, 11) is 1.51. The van der Waals surface area contributed by atoms with Gasteiger partial charge in [0.05, 0.1) is 12.0 Å². The Morgan fingerprint density at radius 3 is 2.73 bits per heavy atom. The maximum atomic E-state index is 12.6. The quantitative estimate of drug-likeness (QED) is 0.444. The zero-order valence-electron chi connectivity index (χ0n) is 15.6. The molecule has 6 nitrogen and oxygen atoms in total. The first kappa shape index (κ1) is 22.4. The van der Waals surface area contributed by atoms with Crippen molar-refractivity contribution in [3.63, 3.8) is 0 Å². The van der Waals surface area contributed by atoms with Gasteiger partial charge in [-0.2, -0.15) is 0 Å². The number of benzene rings is 2. The molecule has 1 aliphatic rings. The summed E-state index contributed by atoms with van der Waals surface area (Å²) in [5.41, 5.74) is 1.31. The number of para-hydroxylation sites is 1. The van der Waals surface area contributed by atoms with E-state index < -0.39 is 18.4 Å². The Balaban J connectivity index is 1.90. The van der Waals surface area contributed by atoms with Gasteiger partial charge in [-0.1, -0.05) is 65.4 Å². The predicted molar refractivity (Wildman–Crippen MR) is 121 cm³/mol. The van der Waals surface area contributed by atoms with Crippen LogP contribution in [0.1, 0.15) is 11.1 Å². The standard InChI is InChI=1S/C20H15Cl2NO5S2/c1-27-15-4-2-3-11(7-16-19(26)23(9-17(24)25)20(29)30-16)18(15)28-10-12-5-6-13(21)8-14(12)22/h2-8H,9-10H2,1H3,(H,24,25)/b16-7-. The second kappa shape index (κ2) is 9.70. The van der Waals surface area contributed by atoms with Crippen LogP contribution in [0.5, 0.6) is 11.5 Å². The lowest BCUT2D eigenvalue weighted by atomic mass is 10.1. The van der Waals surface area contributed by atoms with Crippen molar-refractivity contribution in [3.05, 3.63) is 62.5 Å². The Morgan fingerprint density at radius 1 is 1.30 bits per heavy atom. The fourth-order valence-electron chi connectivity index (χ4n) is 2.66. The Bertz CT molecular complexity index is 1060. The average molecular weight is 484 g/mol. The van der Waals surface area contributed by atoms with E-state index in [-0.39, 0.29) is 10.9 Å².